The maximum absolute atomic E-state index is 11.5. The molecule has 6 nitrogen and oxygen atoms in total. The molecule has 0 aliphatic heterocycles. The molecule has 0 fully saturated rings. The number of rotatable bonds is 8. The van der Waals surface area contributed by atoms with Gasteiger partial charge in [0.15, 0.2) is 6.29 Å². The van der Waals surface area contributed by atoms with E-state index < -0.39 is 0 Å². The van der Waals surface area contributed by atoms with Crippen LogP contribution in [0.2, 0.25) is 0 Å². The Kier molecular flexibility index (Phi) is 5.91. The Bertz CT molecular complexity index is 618. The van der Waals surface area contributed by atoms with Gasteiger partial charge in [0.2, 0.25) is 0 Å². The van der Waals surface area contributed by atoms with Crippen molar-refractivity contribution in [3.8, 4) is 0 Å². The second-order valence-electron chi connectivity index (χ2n) is 4.80. The van der Waals surface area contributed by atoms with Crippen LogP contribution >= 0.6 is 0 Å². The minimum atomic E-state index is -0.362. The van der Waals surface area contributed by atoms with E-state index in [0.717, 1.165) is 29.4 Å². The van der Waals surface area contributed by atoms with Gasteiger partial charge in [-0.3, -0.25) is 5.10 Å². The third-order valence-corrected chi connectivity index (χ3v) is 3.39. The molecule has 0 unspecified atom stereocenters. The van der Waals surface area contributed by atoms with E-state index in [1.807, 2.05) is 19.9 Å². The lowest BCUT2D eigenvalue weighted by Gasteiger charge is -2.16. The summed E-state index contributed by atoms with van der Waals surface area (Å²) in [5.41, 5.74) is 2.26. The summed E-state index contributed by atoms with van der Waals surface area (Å²) in [5.74, 6) is -0.362. The van der Waals surface area contributed by atoms with Gasteiger partial charge < -0.3 is 14.2 Å². The summed E-state index contributed by atoms with van der Waals surface area (Å²) in [6, 6.07) is 5.36. The summed E-state index contributed by atoms with van der Waals surface area (Å²) < 4.78 is 15.8. The molecule has 0 amide bonds. The van der Waals surface area contributed by atoms with Crippen molar-refractivity contribution in [2.24, 2.45) is 0 Å². The standard InChI is InChI=1S/C16H22N2O4/c1-4-21-15(22-5-2)9-8-13-12-7-6-11(16(19)20-3)10-14(12)18-17-13/h6-7,10,15H,4-5,8-9H2,1-3H3,(H,17,18). The highest BCUT2D eigenvalue weighted by Gasteiger charge is 2.13. The Morgan fingerprint density at radius 2 is 2.00 bits per heavy atom. The normalized spacial score (nSPS) is 11.3. The molecule has 0 atom stereocenters. The van der Waals surface area contributed by atoms with Crippen molar-refractivity contribution in [3.05, 3.63) is 29.5 Å². The van der Waals surface area contributed by atoms with Gasteiger partial charge >= 0.3 is 5.97 Å². The van der Waals surface area contributed by atoms with Gasteiger partial charge in [-0.1, -0.05) is 6.07 Å². The van der Waals surface area contributed by atoms with E-state index in [2.05, 4.69) is 10.2 Å². The van der Waals surface area contributed by atoms with Crippen LogP contribution in [0.5, 0.6) is 0 Å². The fourth-order valence-corrected chi connectivity index (χ4v) is 2.35. The Hall–Kier alpha value is -1.92. The molecule has 120 valence electrons. The Morgan fingerprint density at radius 3 is 2.64 bits per heavy atom. The zero-order valence-corrected chi connectivity index (χ0v) is 13.2. The first-order valence-corrected chi connectivity index (χ1v) is 7.48. The summed E-state index contributed by atoms with van der Waals surface area (Å²) in [6.07, 6.45) is 1.30. The van der Waals surface area contributed by atoms with Crippen LogP contribution in [0.1, 0.15) is 36.3 Å². The number of esters is 1. The van der Waals surface area contributed by atoms with Crippen LogP contribution in [0.3, 0.4) is 0 Å². The van der Waals surface area contributed by atoms with Crippen LogP contribution in [-0.2, 0) is 20.6 Å². The number of aromatic nitrogens is 2. The predicted molar refractivity (Wildman–Crippen MR) is 82.8 cm³/mol. The second-order valence-corrected chi connectivity index (χ2v) is 4.80. The highest BCUT2D eigenvalue weighted by molar-refractivity contribution is 5.94. The van der Waals surface area contributed by atoms with Crippen LogP contribution < -0.4 is 0 Å². The van der Waals surface area contributed by atoms with Crippen molar-refractivity contribution in [2.75, 3.05) is 20.3 Å². The van der Waals surface area contributed by atoms with E-state index in [4.69, 9.17) is 14.2 Å². The number of carbonyl (C=O) groups excluding carboxylic acids is 1. The highest BCUT2D eigenvalue weighted by Crippen LogP contribution is 2.20. The third-order valence-electron chi connectivity index (χ3n) is 3.39. The van der Waals surface area contributed by atoms with Crippen LogP contribution in [-0.4, -0.2) is 42.8 Å². The molecule has 1 aromatic carbocycles. The molecule has 0 aliphatic carbocycles. The summed E-state index contributed by atoms with van der Waals surface area (Å²) >= 11 is 0. The molecular formula is C16H22N2O4. The van der Waals surface area contributed by atoms with Gasteiger partial charge in [0.1, 0.15) is 0 Å². The van der Waals surface area contributed by atoms with E-state index in [1.165, 1.54) is 7.11 Å². The molecule has 22 heavy (non-hydrogen) atoms. The summed E-state index contributed by atoms with van der Waals surface area (Å²) in [7, 11) is 1.37. The lowest BCUT2D eigenvalue weighted by atomic mass is 10.1. The molecule has 2 aromatic rings. The average molecular weight is 306 g/mol. The molecule has 0 spiro atoms. The molecular weight excluding hydrogens is 284 g/mol. The number of H-pyrrole nitrogens is 1. The number of fused-ring (bicyclic) bond motifs is 1. The first kappa shape index (κ1) is 16.5. The smallest absolute Gasteiger partial charge is 0.337 e. The monoisotopic (exact) mass is 306 g/mol. The number of hydrogen-bond donors (Lipinski definition) is 1. The van der Waals surface area contributed by atoms with Gasteiger partial charge in [-0.2, -0.15) is 5.10 Å². The number of aromatic amines is 1. The summed E-state index contributed by atoms with van der Waals surface area (Å²) in [5, 5.41) is 8.28. The quantitative estimate of drug-likeness (QED) is 0.599. The maximum atomic E-state index is 11.5. The van der Waals surface area contributed by atoms with Gasteiger partial charge in [0.05, 0.1) is 18.2 Å². The fourth-order valence-electron chi connectivity index (χ4n) is 2.35. The molecule has 6 heteroatoms. The number of hydrogen-bond acceptors (Lipinski definition) is 5. The van der Waals surface area contributed by atoms with Gasteiger partial charge in [-0.15, -0.1) is 0 Å². The van der Waals surface area contributed by atoms with Gasteiger partial charge in [-0.25, -0.2) is 4.79 Å². The second kappa shape index (κ2) is 7.91. The number of ether oxygens (including phenoxy) is 3. The van der Waals surface area contributed by atoms with Gasteiger partial charge in [-0.05, 0) is 32.4 Å². The highest BCUT2D eigenvalue weighted by atomic mass is 16.7. The minimum absolute atomic E-state index is 0.206. The lowest BCUT2D eigenvalue weighted by molar-refractivity contribution is -0.139. The van der Waals surface area contributed by atoms with Crippen molar-refractivity contribution >= 4 is 16.9 Å². The molecule has 0 radical (unpaired) electrons. The van der Waals surface area contributed by atoms with E-state index in [1.54, 1.807) is 12.1 Å². The van der Waals surface area contributed by atoms with Crippen LogP contribution in [0, 0.1) is 0 Å². The summed E-state index contributed by atoms with van der Waals surface area (Å²) in [4.78, 5) is 11.5. The van der Waals surface area contributed by atoms with E-state index in [-0.39, 0.29) is 12.3 Å². The van der Waals surface area contributed by atoms with Crippen molar-refractivity contribution in [3.63, 3.8) is 0 Å². The van der Waals surface area contributed by atoms with E-state index in [9.17, 15) is 4.79 Å². The van der Waals surface area contributed by atoms with Gasteiger partial charge in [0, 0.05) is 30.7 Å². The molecule has 2 rings (SSSR count). The van der Waals surface area contributed by atoms with Crippen molar-refractivity contribution in [2.45, 2.75) is 33.0 Å². The van der Waals surface area contributed by atoms with E-state index >= 15 is 0 Å². The number of benzene rings is 1. The molecule has 0 saturated heterocycles. The Morgan fingerprint density at radius 1 is 1.27 bits per heavy atom. The Balaban J connectivity index is 2.10. The molecule has 1 aromatic heterocycles. The van der Waals surface area contributed by atoms with Crippen molar-refractivity contribution in [1.29, 1.82) is 0 Å². The van der Waals surface area contributed by atoms with E-state index in [0.29, 0.717) is 18.8 Å². The fraction of sp³-hybridized carbons (Fsp3) is 0.500. The van der Waals surface area contributed by atoms with Crippen LogP contribution in [0.15, 0.2) is 18.2 Å². The molecule has 1 heterocycles. The van der Waals surface area contributed by atoms with Crippen LogP contribution in [0.25, 0.3) is 10.9 Å². The number of nitrogens with zero attached hydrogens (tertiary/aromatic N) is 1. The summed E-state index contributed by atoms with van der Waals surface area (Å²) in [6.45, 7) is 5.14. The topological polar surface area (TPSA) is 73.4 Å². The first-order chi connectivity index (χ1) is 10.7. The number of nitrogens with one attached hydrogen (secondary N) is 1. The molecule has 0 bridgehead atoms. The molecule has 1 N–H and O–H groups in total. The third kappa shape index (κ3) is 3.84. The molecule has 0 aliphatic rings. The SMILES string of the molecule is CCOC(CCc1[nH]nc2cc(C(=O)OC)ccc12)OCC. The average Bonchev–Trinajstić information content (AvgIpc) is 2.94. The zero-order chi connectivity index (χ0) is 15.9. The van der Waals surface area contributed by atoms with Crippen LogP contribution in [0.4, 0.5) is 0 Å². The molecule has 0 saturated carbocycles. The van der Waals surface area contributed by atoms with Gasteiger partial charge in [0.25, 0.3) is 0 Å². The first-order valence-electron chi connectivity index (χ1n) is 7.48. The maximum Gasteiger partial charge on any atom is 0.337 e. The number of carbonyl (C=O) groups is 1. The van der Waals surface area contributed by atoms with Crippen molar-refractivity contribution in [1.82, 2.24) is 10.2 Å². The predicted octanol–water partition coefficient (Wildman–Crippen LogP) is 2.68. The van der Waals surface area contributed by atoms with Crippen molar-refractivity contribution < 1.29 is 19.0 Å². The number of aryl methyl sites for hydroxylation is 1. The minimum Gasteiger partial charge on any atom is -0.465 e. The Labute approximate surface area is 129 Å². The zero-order valence-electron chi connectivity index (χ0n) is 13.2. The number of methoxy groups -OCH3 is 1. The largest absolute Gasteiger partial charge is 0.465 e. The lowest BCUT2D eigenvalue weighted by Crippen LogP contribution is -2.18.